The van der Waals surface area contributed by atoms with Gasteiger partial charge in [0.05, 0.1) is 12.8 Å². The zero-order valence-corrected chi connectivity index (χ0v) is 16.8. The van der Waals surface area contributed by atoms with Crippen molar-refractivity contribution in [3.05, 3.63) is 71.2 Å². The van der Waals surface area contributed by atoms with Crippen molar-refractivity contribution in [2.75, 3.05) is 11.9 Å². The molecule has 0 saturated heterocycles. The summed E-state index contributed by atoms with van der Waals surface area (Å²) in [6.45, 7) is 0.596. The minimum atomic E-state index is -4.56. The van der Waals surface area contributed by atoms with E-state index in [0.717, 1.165) is 17.8 Å². The molecule has 33 heavy (non-hydrogen) atoms. The monoisotopic (exact) mass is 454 g/mol. The molecule has 0 atom stereocenters. The Labute approximate surface area is 184 Å². The number of nitriles is 1. The fourth-order valence-electron chi connectivity index (χ4n) is 3.76. The lowest BCUT2D eigenvalue weighted by Gasteiger charge is -2.13. The van der Waals surface area contributed by atoms with Crippen LogP contribution in [-0.2, 0) is 19.1 Å². The Morgan fingerprint density at radius 2 is 2.00 bits per heavy atom. The highest BCUT2D eigenvalue weighted by molar-refractivity contribution is 5.78. The van der Waals surface area contributed by atoms with Crippen LogP contribution in [-0.4, -0.2) is 26.0 Å². The number of ether oxygens (including phenoxy) is 1. The summed E-state index contributed by atoms with van der Waals surface area (Å²) in [6.07, 6.45) is -0.0165. The largest absolute Gasteiger partial charge is 0.493 e. The smallest absolute Gasteiger partial charge is 0.433 e. The maximum atomic E-state index is 14.5. The summed E-state index contributed by atoms with van der Waals surface area (Å²) in [5.74, 6) is 0.559. The second-order valence-electron chi connectivity index (χ2n) is 7.31. The normalized spacial score (nSPS) is 12.9. The lowest BCUT2D eigenvalue weighted by molar-refractivity contribution is -0.141. The van der Waals surface area contributed by atoms with Gasteiger partial charge in [0, 0.05) is 47.6 Å². The molecule has 1 aliphatic heterocycles. The van der Waals surface area contributed by atoms with E-state index in [4.69, 9.17) is 4.74 Å². The van der Waals surface area contributed by atoms with Crippen molar-refractivity contribution >= 4 is 11.6 Å². The number of nitrogens with zero attached hydrogens (tertiary/aromatic N) is 5. The molecule has 5 rings (SSSR count). The molecule has 0 aliphatic carbocycles. The molecule has 166 valence electrons. The van der Waals surface area contributed by atoms with Gasteiger partial charge in [-0.3, -0.25) is 9.38 Å². The minimum Gasteiger partial charge on any atom is -0.493 e. The molecule has 0 bridgehead atoms. The number of halogens is 4. The number of nitrogens with one attached hydrogen (secondary N) is 1. The molecule has 0 saturated carbocycles. The van der Waals surface area contributed by atoms with Gasteiger partial charge in [0.2, 0.25) is 5.95 Å². The van der Waals surface area contributed by atoms with E-state index >= 15 is 0 Å². The third kappa shape index (κ3) is 3.69. The topological polar surface area (TPSA) is 88.1 Å². The molecule has 0 amide bonds. The number of benzene rings is 1. The van der Waals surface area contributed by atoms with Gasteiger partial charge in [0.1, 0.15) is 23.3 Å². The summed E-state index contributed by atoms with van der Waals surface area (Å²) in [5.41, 5.74) is 1.36. The van der Waals surface area contributed by atoms with Crippen molar-refractivity contribution in [2.45, 2.75) is 19.1 Å². The number of hydrogen-bond acceptors (Lipinski definition) is 6. The molecular formula is C22H14F4N6O. The average molecular weight is 454 g/mol. The molecule has 0 fully saturated rings. The summed E-state index contributed by atoms with van der Waals surface area (Å²) >= 11 is 0. The van der Waals surface area contributed by atoms with E-state index in [1.54, 1.807) is 6.07 Å². The average Bonchev–Trinajstić information content (AvgIpc) is 3.45. The lowest BCUT2D eigenvalue weighted by Crippen LogP contribution is -2.10. The van der Waals surface area contributed by atoms with Gasteiger partial charge < -0.3 is 10.1 Å². The Bertz CT molecular complexity index is 1410. The maximum absolute atomic E-state index is 14.5. The van der Waals surface area contributed by atoms with Crippen LogP contribution in [0.25, 0.3) is 16.8 Å². The first-order valence-electron chi connectivity index (χ1n) is 9.84. The molecule has 1 aromatic carbocycles. The molecule has 11 heteroatoms. The highest BCUT2D eigenvalue weighted by Crippen LogP contribution is 2.32. The van der Waals surface area contributed by atoms with Crippen molar-refractivity contribution in [1.29, 1.82) is 5.26 Å². The quantitative estimate of drug-likeness (QED) is 0.461. The second-order valence-corrected chi connectivity index (χ2v) is 7.31. The van der Waals surface area contributed by atoms with E-state index < -0.39 is 11.9 Å². The standard InChI is InChI=1S/C22H14F4N6O/c23-17-2-3-18-14(5-6-33-18)16(17)10-30-21-29-9-15(20-31-13(7-27)11-32(20)21)12-1-4-19(28-8-12)22(24,25)26/h1-4,8-9,11H,5-6,10H2,(H,29,30). The summed E-state index contributed by atoms with van der Waals surface area (Å²) < 4.78 is 60.0. The fourth-order valence-corrected chi connectivity index (χ4v) is 3.76. The molecule has 1 aliphatic rings. The number of fused-ring (bicyclic) bond motifs is 2. The van der Waals surface area contributed by atoms with Crippen LogP contribution in [0.5, 0.6) is 5.75 Å². The zero-order valence-electron chi connectivity index (χ0n) is 16.8. The van der Waals surface area contributed by atoms with Crippen LogP contribution in [0.15, 0.2) is 42.9 Å². The number of imidazole rings is 1. The SMILES string of the molecule is N#Cc1cn2c(NCc3c(F)ccc4c3CCO4)ncc(-c3ccc(C(F)(F)F)nc3)c2n1. The van der Waals surface area contributed by atoms with E-state index in [-0.39, 0.29) is 18.1 Å². The van der Waals surface area contributed by atoms with Gasteiger partial charge >= 0.3 is 6.18 Å². The minimum absolute atomic E-state index is 0.0901. The molecule has 0 spiro atoms. The fraction of sp³-hybridized carbons (Fsp3) is 0.182. The van der Waals surface area contributed by atoms with E-state index in [2.05, 4.69) is 20.3 Å². The molecule has 0 radical (unpaired) electrons. The summed E-state index contributed by atoms with van der Waals surface area (Å²) in [6, 6.07) is 7.01. The lowest BCUT2D eigenvalue weighted by atomic mass is 10.0. The predicted molar refractivity (Wildman–Crippen MR) is 109 cm³/mol. The van der Waals surface area contributed by atoms with Crippen molar-refractivity contribution in [1.82, 2.24) is 19.4 Å². The van der Waals surface area contributed by atoms with E-state index in [0.29, 0.717) is 47.1 Å². The van der Waals surface area contributed by atoms with Crippen LogP contribution in [0.2, 0.25) is 0 Å². The Kier molecular flexibility index (Phi) is 4.85. The third-order valence-corrected chi connectivity index (χ3v) is 5.33. The van der Waals surface area contributed by atoms with Crippen LogP contribution in [0, 0.1) is 17.1 Å². The number of aromatic nitrogens is 4. The first-order chi connectivity index (χ1) is 15.8. The summed E-state index contributed by atoms with van der Waals surface area (Å²) in [4.78, 5) is 12.1. The van der Waals surface area contributed by atoms with Crippen LogP contribution in [0.1, 0.15) is 22.5 Å². The van der Waals surface area contributed by atoms with Gasteiger partial charge in [-0.15, -0.1) is 0 Å². The Morgan fingerprint density at radius 1 is 1.15 bits per heavy atom. The van der Waals surface area contributed by atoms with Gasteiger partial charge in [0.15, 0.2) is 11.3 Å². The highest BCUT2D eigenvalue weighted by atomic mass is 19.4. The summed E-state index contributed by atoms with van der Waals surface area (Å²) in [7, 11) is 0. The number of anilines is 1. The molecule has 4 heterocycles. The molecule has 7 nitrogen and oxygen atoms in total. The summed E-state index contributed by atoms with van der Waals surface area (Å²) in [5, 5.41) is 12.4. The Morgan fingerprint density at radius 3 is 2.73 bits per heavy atom. The molecule has 1 N–H and O–H groups in total. The van der Waals surface area contributed by atoms with E-state index in [1.807, 2.05) is 6.07 Å². The van der Waals surface area contributed by atoms with Gasteiger partial charge in [0.25, 0.3) is 0 Å². The zero-order chi connectivity index (χ0) is 23.2. The number of alkyl halides is 3. The van der Waals surface area contributed by atoms with E-state index in [9.17, 15) is 22.8 Å². The Hall–Kier alpha value is -4.20. The van der Waals surface area contributed by atoms with Crippen molar-refractivity contribution in [3.63, 3.8) is 0 Å². The molecule has 4 aromatic rings. The van der Waals surface area contributed by atoms with Crippen LogP contribution in [0.3, 0.4) is 0 Å². The molecular weight excluding hydrogens is 440 g/mol. The highest BCUT2D eigenvalue weighted by Gasteiger charge is 2.32. The second kappa shape index (κ2) is 7.74. The van der Waals surface area contributed by atoms with Gasteiger partial charge in [-0.1, -0.05) is 6.07 Å². The van der Waals surface area contributed by atoms with Gasteiger partial charge in [-0.2, -0.15) is 18.4 Å². The number of pyridine rings is 1. The van der Waals surface area contributed by atoms with Crippen molar-refractivity contribution in [2.24, 2.45) is 0 Å². The van der Waals surface area contributed by atoms with Crippen LogP contribution in [0.4, 0.5) is 23.5 Å². The van der Waals surface area contributed by atoms with Crippen LogP contribution < -0.4 is 10.1 Å². The molecule has 3 aromatic heterocycles. The number of hydrogen-bond donors (Lipinski definition) is 1. The molecule has 0 unspecified atom stereocenters. The van der Waals surface area contributed by atoms with E-state index in [1.165, 1.54) is 28.9 Å². The van der Waals surface area contributed by atoms with Gasteiger partial charge in [-0.05, 0) is 18.2 Å². The Balaban J connectivity index is 1.52. The maximum Gasteiger partial charge on any atom is 0.433 e. The van der Waals surface area contributed by atoms with Crippen molar-refractivity contribution in [3.8, 4) is 22.9 Å². The van der Waals surface area contributed by atoms with Crippen LogP contribution >= 0.6 is 0 Å². The number of rotatable bonds is 4. The third-order valence-electron chi connectivity index (χ3n) is 5.33. The van der Waals surface area contributed by atoms with Crippen molar-refractivity contribution < 1.29 is 22.3 Å². The predicted octanol–water partition coefficient (Wildman–Crippen LogP) is 4.37. The first-order valence-corrected chi connectivity index (χ1v) is 9.84. The first kappa shape index (κ1) is 20.7. The van der Waals surface area contributed by atoms with Gasteiger partial charge in [-0.25, -0.2) is 14.4 Å².